The lowest BCUT2D eigenvalue weighted by Gasteiger charge is -1.93. The summed E-state index contributed by atoms with van der Waals surface area (Å²) in [5, 5.41) is 0. The van der Waals surface area contributed by atoms with Gasteiger partial charge in [0.25, 0.3) is 0 Å². The van der Waals surface area contributed by atoms with E-state index in [1.807, 2.05) is 12.2 Å². The van der Waals surface area contributed by atoms with Crippen LogP contribution in [-0.2, 0) is 0 Å². The first-order valence-corrected chi connectivity index (χ1v) is 4.77. The zero-order valence-corrected chi connectivity index (χ0v) is 7.82. The molecule has 0 aromatic heterocycles. The third-order valence-electron chi connectivity index (χ3n) is 1.53. The Morgan fingerprint density at radius 1 is 1.00 bits per heavy atom. The summed E-state index contributed by atoms with van der Waals surface area (Å²) in [6, 6.07) is 0. The average Bonchev–Trinajstić information content (AvgIpc) is 2.03. The summed E-state index contributed by atoms with van der Waals surface area (Å²) in [5.74, 6) is 0.645. The second-order valence-corrected chi connectivity index (χ2v) is 2.86. The Hall–Kier alpha value is -0.230. The predicted octanol–water partition coefficient (Wildman–Crippen LogP) is 3.92. The van der Waals surface area contributed by atoms with Crippen molar-refractivity contribution in [2.75, 3.05) is 5.88 Å². The van der Waals surface area contributed by atoms with Crippen molar-refractivity contribution in [2.24, 2.45) is 0 Å². The fraction of sp³-hybridized carbons (Fsp3) is 0.600. The highest BCUT2D eigenvalue weighted by Crippen LogP contribution is 2.03. The predicted molar refractivity (Wildman–Crippen MR) is 53.1 cm³/mol. The van der Waals surface area contributed by atoms with E-state index >= 15 is 0 Å². The van der Waals surface area contributed by atoms with Gasteiger partial charge in [0.05, 0.1) is 0 Å². The molecule has 0 aliphatic carbocycles. The van der Waals surface area contributed by atoms with E-state index in [1.165, 1.54) is 25.7 Å². The van der Waals surface area contributed by atoms with E-state index in [0.29, 0.717) is 5.88 Å². The minimum atomic E-state index is 0.645. The molecule has 0 amide bonds. The second-order valence-electron chi connectivity index (χ2n) is 2.55. The Bertz CT molecular complexity index is 105. The normalized spacial score (nSPS) is 10.6. The molecule has 0 unspecified atom stereocenters. The molecule has 64 valence electrons. The standard InChI is InChI=1S/C10H17Cl/c1-2-3-4-5-6-7-8-9-10-11/h2,8-9H,1,3-7,10H2/b9-8+. The fourth-order valence-electron chi connectivity index (χ4n) is 0.908. The molecule has 0 atom stereocenters. The Morgan fingerprint density at radius 3 is 2.36 bits per heavy atom. The number of hydrogen-bond acceptors (Lipinski definition) is 0. The number of halogens is 1. The molecule has 1 heteroatoms. The molecule has 0 saturated heterocycles. The minimum Gasteiger partial charge on any atom is -0.122 e. The monoisotopic (exact) mass is 172 g/mol. The molecule has 0 aliphatic rings. The summed E-state index contributed by atoms with van der Waals surface area (Å²) >= 11 is 5.46. The van der Waals surface area contributed by atoms with Crippen molar-refractivity contribution in [1.82, 2.24) is 0 Å². The summed E-state index contributed by atoms with van der Waals surface area (Å²) < 4.78 is 0. The molecule has 0 bridgehead atoms. The van der Waals surface area contributed by atoms with Crippen LogP contribution in [0.1, 0.15) is 32.1 Å². The van der Waals surface area contributed by atoms with E-state index in [1.54, 1.807) is 0 Å². The van der Waals surface area contributed by atoms with Gasteiger partial charge in [-0.3, -0.25) is 0 Å². The Labute approximate surface area is 74.9 Å². The van der Waals surface area contributed by atoms with Crippen LogP contribution in [0, 0.1) is 0 Å². The molecule has 0 aromatic rings. The summed E-state index contributed by atoms with van der Waals surface area (Å²) in [7, 11) is 0. The minimum absolute atomic E-state index is 0.645. The molecule has 0 fully saturated rings. The largest absolute Gasteiger partial charge is 0.122 e. The maximum atomic E-state index is 5.46. The van der Waals surface area contributed by atoms with Crippen LogP contribution in [0.25, 0.3) is 0 Å². The third kappa shape index (κ3) is 9.77. The highest BCUT2D eigenvalue weighted by atomic mass is 35.5. The van der Waals surface area contributed by atoms with Crippen molar-refractivity contribution in [3.8, 4) is 0 Å². The van der Waals surface area contributed by atoms with Gasteiger partial charge in [-0.2, -0.15) is 0 Å². The number of unbranched alkanes of at least 4 members (excludes halogenated alkanes) is 4. The van der Waals surface area contributed by atoms with Gasteiger partial charge in [-0.25, -0.2) is 0 Å². The molecular formula is C10H17Cl. The highest BCUT2D eigenvalue weighted by molar-refractivity contribution is 6.18. The van der Waals surface area contributed by atoms with Crippen LogP contribution in [0.3, 0.4) is 0 Å². The number of allylic oxidation sites excluding steroid dienone is 3. The van der Waals surface area contributed by atoms with E-state index in [0.717, 1.165) is 6.42 Å². The first kappa shape index (κ1) is 10.8. The average molecular weight is 173 g/mol. The topological polar surface area (TPSA) is 0 Å². The maximum absolute atomic E-state index is 5.46. The van der Waals surface area contributed by atoms with Crippen molar-refractivity contribution in [3.05, 3.63) is 24.8 Å². The van der Waals surface area contributed by atoms with E-state index in [4.69, 9.17) is 11.6 Å². The number of alkyl halides is 1. The fourth-order valence-corrected chi connectivity index (χ4v) is 1.03. The molecule has 0 saturated carbocycles. The second kappa shape index (κ2) is 9.77. The number of rotatable bonds is 7. The Kier molecular flexibility index (Phi) is 9.57. The molecule has 0 heterocycles. The summed E-state index contributed by atoms with van der Waals surface area (Å²) in [5.41, 5.74) is 0. The highest BCUT2D eigenvalue weighted by Gasteiger charge is 1.84. The van der Waals surface area contributed by atoms with Gasteiger partial charge in [0.2, 0.25) is 0 Å². The van der Waals surface area contributed by atoms with Crippen LogP contribution in [0.4, 0.5) is 0 Å². The van der Waals surface area contributed by atoms with E-state index in [-0.39, 0.29) is 0 Å². The van der Waals surface area contributed by atoms with Crippen LogP contribution in [-0.4, -0.2) is 5.88 Å². The van der Waals surface area contributed by atoms with Crippen LogP contribution < -0.4 is 0 Å². The van der Waals surface area contributed by atoms with Crippen molar-refractivity contribution >= 4 is 11.6 Å². The molecule has 0 nitrogen and oxygen atoms in total. The van der Waals surface area contributed by atoms with Gasteiger partial charge in [0.15, 0.2) is 0 Å². The van der Waals surface area contributed by atoms with Gasteiger partial charge >= 0.3 is 0 Å². The lowest BCUT2D eigenvalue weighted by atomic mass is 10.1. The van der Waals surface area contributed by atoms with Crippen LogP contribution in [0.5, 0.6) is 0 Å². The van der Waals surface area contributed by atoms with Gasteiger partial charge < -0.3 is 0 Å². The smallest absolute Gasteiger partial charge is 0.0404 e. The Balaban J connectivity index is 2.90. The van der Waals surface area contributed by atoms with Crippen LogP contribution in [0.15, 0.2) is 24.8 Å². The van der Waals surface area contributed by atoms with Crippen molar-refractivity contribution in [3.63, 3.8) is 0 Å². The van der Waals surface area contributed by atoms with Gasteiger partial charge in [-0.1, -0.05) is 24.6 Å². The first-order valence-electron chi connectivity index (χ1n) is 4.23. The molecular weight excluding hydrogens is 156 g/mol. The summed E-state index contributed by atoms with van der Waals surface area (Å²) in [6.45, 7) is 3.68. The van der Waals surface area contributed by atoms with E-state index in [2.05, 4.69) is 12.7 Å². The van der Waals surface area contributed by atoms with Gasteiger partial charge in [-0.15, -0.1) is 18.2 Å². The quantitative estimate of drug-likeness (QED) is 0.310. The van der Waals surface area contributed by atoms with Crippen LogP contribution >= 0.6 is 11.6 Å². The SMILES string of the molecule is C=CCCCCC/C=C/CCl. The summed E-state index contributed by atoms with van der Waals surface area (Å²) in [4.78, 5) is 0. The molecule has 0 aliphatic heterocycles. The Morgan fingerprint density at radius 2 is 1.73 bits per heavy atom. The molecule has 0 N–H and O–H groups in total. The first-order chi connectivity index (χ1) is 5.41. The lowest BCUT2D eigenvalue weighted by Crippen LogP contribution is -1.74. The summed E-state index contributed by atoms with van der Waals surface area (Å²) in [6.07, 6.45) is 12.3. The van der Waals surface area contributed by atoms with Crippen molar-refractivity contribution in [2.45, 2.75) is 32.1 Å². The van der Waals surface area contributed by atoms with Gasteiger partial charge in [-0.05, 0) is 25.7 Å². The molecule has 11 heavy (non-hydrogen) atoms. The van der Waals surface area contributed by atoms with Gasteiger partial charge in [0.1, 0.15) is 0 Å². The van der Waals surface area contributed by atoms with Crippen molar-refractivity contribution in [1.29, 1.82) is 0 Å². The maximum Gasteiger partial charge on any atom is 0.0404 e. The molecule has 0 rings (SSSR count). The van der Waals surface area contributed by atoms with Crippen LogP contribution in [0.2, 0.25) is 0 Å². The zero-order valence-electron chi connectivity index (χ0n) is 7.06. The lowest BCUT2D eigenvalue weighted by molar-refractivity contribution is 0.696. The van der Waals surface area contributed by atoms with Crippen molar-refractivity contribution < 1.29 is 0 Å². The number of hydrogen-bond donors (Lipinski definition) is 0. The molecule has 0 radical (unpaired) electrons. The van der Waals surface area contributed by atoms with E-state index < -0.39 is 0 Å². The zero-order chi connectivity index (χ0) is 8.36. The van der Waals surface area contributed by atoms with E-state index in [9.17, 15) is 0 Å². The molecule has 0 spiro atoms. The third-order valence-corrected chi connectivity index (χ3v) is 1.71. The molecule has 0 aromatic carbocycles. The van der Waals surface area contributed by atoms with Gasteiger partial charge in [0, 0.05) is 5.88 Å².